The van der Waals surface area contributed by atoms with Gasteiger partial charge in [0.2, 0.25) is 0 Å². The van der Waals surface area contributed by atoms with Crippen molar-refractivity contribution in [1.29, 1.82) is 0 Å². The number of halogens is 1. The maximum Gasteiger partial charge on any atom is 0.350 e. The summed E-state index contributed by atoms with van der Waals surface area (Å²) in [5.41, 5.74) is 0. The van der Waals surface area contributed by atoms with Crippen LogP contribution in [0, 0.1) is 0 Å². The fourth-order valence-electron chi connectivity index (χ4n) is 0. The predicted molar refractivity (Wildman–Crippen MR) is 17.7 cm³/mol. The first-order valence-corrected chi connectivity index (χ1v) is 0.218. The van der Waals surface area contributed by atoms with Crippen molar-refractivity contribution in [1.82, 2.24) is 0 Å². The first kappa shape index (κ1) is 95.6. The van der Waals surface area contributed by atoms with Crippen molar-refractivity contribution in [3.63, 3.8) is 0 Å². The van der Waals surface area contributed by atoms with Gasteiger partial charge in [0.05, 0.1) is 0 Å². The molecule has 0 aromatic heterocycles. The van der Waals surface area contributed by atoms with E-state index in [-0.39, 0.29) is 16.4 Å². The third-order valence-corrected chi connectivity index (χ3v) is 0. The van der Waals surface area contributed by atoms with Crippen molar-refractivity contribution in [3.8, 4) is 0 Å². The Kier molecular flexibility index (Phi) is 39200. The van der Waals surface area contributed by atoms with Crippen molar-refractivity contribution in [2.24, 2.45) is 0 Å². The fraction of sp³-hybridized carbons (Fsp3) is 0. The summed E-state index contributed by atoms with van der Waals surface area (Å²) in [5.74, 6) is 0. The Hall–Kier alpha value is -0.125. The van der Waals surface area contributed by atoms with Crippen LogP contribution in [0.1, 0.15) is 0 Å². The molecule has 0 bridgehead atoms. The zero-order valence-electron chi connectivity index (χ0n) is 2.46. The van der Waals surface area contributed by atoms with Crippen LogP contribution in [0.2, 0.25) is 0 Å². The molecule has 5 heteroatoms. The molecular weight excluding hydrogens is 77.8 g/mol. The van der Waals surface area contributed by atoms with E-state index < -0.39 is 0 Å². The van der Waals surface area contributed by atoms with Crippen LogP contribution in [0.3, 0.4) is 0 Å². The Balaban J connectivity index is -0.00000000167. The lowest BCUT2D eigenvalue weighted by Gasteiger charge is -1.06. The van der Waals surface area contributed by atoms with Gasteiger partial charge in [0.15, 0.2) is 0 Å². The van der Waals surface area contributed by atoms with Crippen molar-refractivity contribution in [2.45, 2.75) is 0 Å². The lowest BCUT2D eigenvalue weighted by Crippen LogP contribution is -1.06. The zero-order chi connectivity index (χ0) is 2.00. The molecule has 0 rings (SSSR count). The van der Waals surface area contributed by atoms with Gasteiger partial charge in [-0.1, -0.05) is 0 Å². The van der Waals surface area contributed by atoms with Gasteiger partial charge in [-0.25, -0.2) is 0 Å². The van der Waals surface area contributed by atoms with Crippen LogP contribution < -0.4 is 0 Å². The summed E-state index contributed by atoms with van der Waals surface area (Å²) in [5, 5.41) is 0. The number of hydrogen-bond acceptors (Lipinski definition) is 0. The molecule has 6 N–H and O–H groups in total. The summed E-state index contributed by atoms with van der Waals surface area (Å²) >= 11 is 0. The third kappa shape index (κ3) is 871. The van der Waals surface area contributed by atoms with Crippen LogP contribution in [0.4, 0.5) is 4.32 Å². The first-order chi connectivity index (χ1) is 1.00. The van der Waals surface area contributed by atoms with Gasteiger partial charge in [-0.2, -0.15) is 0 Å². The van der Waals surface area contributed by atoms with E-state index in [4.69, 9.17) is 4.32 Å². The molecule has 0 saturated carbocycles. The van der Waals surface area contributed by atoms with Crippen LogP contribution in [-0.2, 0) is 0 Å². The van der Waals surface area contributed by atoms with Gasteiger partial charge >= 0.3 is 8.12 Å². The summed E-state index contributed by atoms with van der Waals surface area (Å²) in [6, 6.07) is 0. The van der Waals surface area contributed by atoms with Crippen molar-refractivity contribution >= 4 is 8.12 Å². The van der Waals surface area contributed by atoms with Crippen LogP contribution in [0.25, 0.3) is 0 Å². The zero-order valence-corrected chi connectivity index (χ0v) is 2.46. The van der Waals surface area contributed by atoms with E-state index in [9.17, 15) is 0 Å². The third-order valence-electron chi connectivity index (χ3n) is 0. The predicted octanol–water partition coefficient (Wildman–Crippen LogP) is -2.43. The lowest BCUT2D eigenvalue weighted by molar-refractivity contribution is 0.823. The van der Waals surface area contributed by atoms with Crippen molar-refractivity contribution in [3.05, 3.63) is 0 Å². The highest BCUT2D eigenvalue weighted by Crippen LogP contribution is 1.10. The van der Waals surface area contributed by atoms with Crippen molar-refractivity contribution < 1.29 is 20.7 Å². The second-order valence-electron chi connectivity index (χ2n) is 0. The summed E-state index contributed by atoms with van der Waals surface area (Å²) in [4.78, 5) is 0. The Bertz CT molecular complexity index is 6.85. The second kappa shape index (κ2) is 2050. The molecule has 0 atom stereocenters. The minimum Gasteiger partial charge on any atom is -0.412 e. The smallest absolute Gasteiger partial charge is 0.350 e. The highest BCUT2D eigenvalue weighted by atomic mass is 19.1. The van der Waals surface area contributed by atoms with E-state index in [1.165, 1.54) is 0 Å². The molecular formula is H6BFO3. The standard InChI is InChI=1S/BF.3H2O/c1-2;;;/h;3*1H2. The lowest BCUT2D eigenvalue weighted by atomic mass is 10.7. The quantitative estimate of drug-likeness (QED) is 0.291. The van der Waals surface area contributed by atoms with Gasteiger partial charge in [0.1, 0.15) is 0 Å². The van der Waals surface area contributed by atoms with Crippen molar-refractivity contribution in [2.75, 3.05) is 0 Å². The summed E-state index contributed by atoms with van der Waals surface area (Å²) in [6.07, 6.45) is 0. The number of rotatable bonds is 0. The fourth-order valence-corrected chi connectivity index (χ4v) is 0. The van der Waals surface area contributed by atoms with Crippen LogP contribution >= 0.6 is 0 Å². The van der Waals surface area contributed by atoms with Crippen LogP contribution in [0.5, 0.6) is 0 Å². The minimum absolute atomic E-state index is 0. The molecule has 0 aromatic rings. The molecule has 34 valence electrons. The normalized spacial score (nSPS) is 1.00. The molecule has 3 nitrogen and oxygen atoms in total. The molecule has 0 aliphatic heterocycles. The van der Waals surface area contributed by atoms with Gasteiger partial charge in [-0.15, -0.1) is 0 Å². The Morgan fingerprint density at radius 3 is 0.800 bits per heavy atom. The van der Waals surface area contributed by atoms with E-state index in [0.717, 1.165) is 0 Å². The summed E-state index contributed by atoms with van der Waals surface area (Å²) in [7, 11) is 3.00. The summed E-state index contributed by atoms with van der Waals surface area (Å²) in [6.45, 7) is 0. The minimum atomic E-state index is 0. The Morgan fingerprint density at radius 2 is 0.800 bits per heavy atom. The molecule has 0 fully saturated rings. The average Bonchev–Trinajstić information content (AvgIpc) is 1.00. The molecule has 5 heavy (non-hydrogen) atoms. The van der Waals surface area contributed by atoms with Gasteiger partial charge in [0, 0.05) is 0 Å². The first-order valence-electron chi connectivity index (χ1n) is 0.218. The van der Waals surface area contributed by atoms with E-state index in [1.54, 1.807) is 0 Å². The van der Waals surface area contributed by atoms with E-state index >= 15 is 0 Å². The summed E-state index contributed by atoms with van der Waals surface area (Å²) < 4.78 is 9.00. The largest absolute Gasteiger partial charge is 0.412 e. The van der Waals surface area contributed by atoms with Crippen LogP contribution in [-0.4, -0.2) is 24.6 Å². The molecule has 0 spiro atoms. The molecule has 0 saturated heterocycles. The highest BCUT2D eigenvalue weighted by Gasteiger charge is 1.06. The van der Waals surface area contributed by atoms with Gasteiger partial charge in [-0.05, 0) is 0 Å². The molecule has 0 amide bonds. The maximum atomic E-state index is 9.00. The topological polar surface area (TPSA) is 94.5 Å². The maximum absolute atomic E-state index is 9.00. The van der Waals surface area contributed by atoms with Gasteiger partial charge in [-0.3, -0.25) is 0 Å². The van der Waals surface area contributed by atoms with Crippen LogP contribution in [0.15, 0.2) is 0 Å². The molecule has 0 aliphatic rings. The molecule has 0 aliphatic carbocycles. The highest BCUT2D eigenvalue weighted by molar-refractivity contribution is 5.96. The van der Waals surface area contributed by atoms with E-state index in [2.05, 4.69) is 8.12 Å². The Labute approximate surface area is 30.2 Å². The molecule has 2 radical (unpaired) electrons. The van der Waals surface area contributed by atoms with E-state index in [1.807, 2.05) is 0 Å². The molecule has 0 unspecified atom stereocenters. The molecule has 0 heterocycles. The number of hydrogen-bond donors (Lipinski definition) is 0. The Morgan fingerprint density at radius 1 is 0.800 bits per heavy atom. The van der Waals surface area contributed by atoms with Gasteiger partial charge in [0.25, 0.3) is 0 Å². The average molecular weight is 83.9 g/mol. The monoisotopic (exact) mass is 84.0 g/mol. The van der Waals surface area contributed by atoms with E-state index in [0.29, 0.717) is 0 Å². The molecule has 0 aromatic carbocycles. The van der Waals surface area contributed by atoms with Gasteiger partial charge < -0.3 is 20.7 Å². The SMILES string of the molecule is O.O.O.[B]F. The second-order valence-corrected chi connectivity index (χ2v) is 0.